The summed E-state index contributed by atoms with van der Waals surface area (Å²) in [6.07, 6.45) is -4.55. The lowest BCUT2D eigenvalue weighted by molar-refractivity contribution is -0.137. The van der Waals surface area contributed by atoms with E-state index in [1.165, 1.54) is 14.2 Å². The molecule has 0 spiro atoms. The summed E-state index contributed by atoms with van der Waals surface area (Å²) in [4.78, 5) is 11.2. The highest BCUT2D eigenvalue weighted by atomic mass is 32.2. The number of likely N-dealkylation sites (N-methyl/N-ethyl adjacent to an activating group) is 1. The monoisotopic (exact) mass is 354 g/mol. The highest BCUT2D eigenvalue weighted by molar-refractivity contribution is 7.89. The van der Waals surface area contributed by atoms with E-state index in [2.05, 4.69) is 5.32 Å². The Kier molecular flexibility index (Phi) is 6.54. The molecule has 1 rings (SSSR count). The van der Waals surface area contributed by atoms with E-state index in [1.807, 2.05) is 0 Å². The minimum atomic E-state index is -4.55. The summed E-state index contributed by atoms with van der Waals surface area (Å²) >= 11 is 0. The number of halogens is 3. The molecule has 0 aliphatic carbocycles. The Balaban J connectivity index is 2.79. The third kappa shape index (κ3) is 5.48. The molecular weight excluding hydrogens is 337 g/mol. The van der Waals surface area contributed by atoms with Gasteiger partial charge in [0, 0.05) is 20.7 Å². The van der Waals surface area contributed by atoms with E-state index < -0.39 is 34.2 Å². The number of amides is 1. The van der Waals surface area contributed by atoms with Crippen LogP contribution in [-0.2, 0) is 25.7 Å². The number of hydrogen-bond acceptors (Lipinski definition) is 4. The van der Waals surface area contributed by atoms with Gasteiger partial charge in [0.1, 0.15) is 0 Å². The van der Waals surface area contributed by atoms with Crippen molar-refractivity contribution in [2.75, 3.05) is 33.9 Å². The number of rotatable bonds is 7. The molecule has 0 aromatic heterocycles. The molecule has 1 amide bonds. The summed E-state index contributed by atoms with van der Waals surface area (Å²) in [5.74, 6) is -0.542. The Bertz CT molecular complexity index is 630. The van der Waals surface area contributed by atoms with E-state index in [4.69, 9.17) is 4.74 Å². The van der Waals surface area contributed by atoms with Crippen LogP contribution in [0.2, 0.25) is 0 Å². The molecule has 0 aliphatic rings. The SMILES string of the molecule is COCCNC(=O)CN(C)S(=O)(=O)c1ccc(C(F)(F)F)cc1. The van der Waals surface area contributed by atoms with Crippen LogP contribution in [0.15, 0.2) is 29.2 Å². The van der Waals surface area contributed by atoms with Crippen LogP contribution in [0, 0.1) is 0 Å². The zero-order valence-electron chi connectivity index (χ0n) is 12.6. The predicted octanol–water partition coefficient (Wildman–Crippen LogP) is 1.09. The predicted molar refractivity (Wildman–Crippen MR) is 76.1 cm³/mol. The summed E-state index contributed by atoms with van der Waals surface area (Å²) < 4.78 is 67.3. The molecule has 0 saturated heterocycles. The molecular formula is C13H17F3N2O4S. The summed E-state index contributed by atoms with van der Waals surface area (Å²) in [6.45, 7) is 0.0533. The van der Waals surface area contributed by atoms with Crippen molar-refractivity contribution in [2.45, 2.75) is 11.1 Å². The molecule has 0 saturated carbocycles. The van der Waals surface area contributed by atoms with Crippen molar-refractivity contribution in [3.8, 4) is 0 Å². The van der Waals surface area contributed by atoms with Crippen LogP contribution in [0.25, 0.3) is 0 Å². The number of hydrogen-bond donors (Lipinski definition) is 1. The molecule has 0 atom stereocenters. The highest BCUT2D eigenvalue weighted by Gasteiger charge is 2.31. The third-order valence-electron chi connectivity index (χ3n) is 2.88. The van der Waals surface area contributed by atoms with Gasteiger partial charge in [-0.05, 0) is 24.3 Å². The molecule has 1 aromatic carbocycles. The molecule has 1 aromatic rings. The van der Waals surface area contributed by atoms with Crippen molar-refractivity contribution in [3.63, 3.8) is 0 Å². The van der Waals surface area contributed by atoms with Gasteiger partial charge in [0.15, 0.2) is 0 Å². The van der Waals surface area contributed by atoms with Crippen molar-refractivity contribution in [2.24, 2.45) is 0 Å². The number of nitrogens with zero attached hydrogens (tertiary/aromatic N) is 1. The first kappa shape index (κ1) is 19.4. The summed E-state index contributed by atoms with van der Waals surface area (Å²) in [7, 11) is -1.43. The van der Waals surface area contributed by atoms with Gasteiger partial charge < -0.3 is 10.1 Å². The van der Waals surface area contributed by atoms with Crippen LogP contribution < -0.4 is 5.32 Å². The van der Waals surface area contributed by atoms with Crippen LogP contribution >= 0.6 is 0 Å². The number of methoxy groups -OCH3 is 1. The number of benzene rings is 1. The first-order valence-corrected chi connectivity index (χ1v) is 7.92. The second-order valence-corrected chi connectivity index (χ2v) is 6.67. The summed E-state index contributed by atoms with van der Waals surface area (Å²) in [5, 5.41) is 2.45. The van der Waals surface area contributed by atoms with Crippen molar-refractivity contribution >= 4 is 15.9 Å². The number of carbonyl (C=O) groups excluding carboxylic acids is 1. The van der Waals surface area contributed by atoms with Crippen molar-refractivity contribution in [1.29, 1.82) is 0 Å². The smallest absolute Gasteiger partial charge is 0.383 e. The first-order valence-electron chi connectivity index (χ1n) is 6.48. The Morgan fingerprint density at radius 3 is 2.30 bits per heavy atom. The van der Waals surface area contributed by atoms with E-state index in [0.29, 0.717) is 12.1 Å². The van der Waals surface area contributed by atoms with Crippen LogP contribution in [0.5, 0.6) is 0 Å². The minimum absolute atomic E-state index is 0.226. The lowest BCUT2D eigenvalue weighted by atomic mass is 10.2. The van der Waals surface area contributed by atoms with E-state index >= 15 is 0 Å². The second kappa shape index (κ2) is 7.75. The van der Waals surface area contributed by atoms with Gasteiger partial charge in [-0.15, -0.1) is 0 Å². The van der Waals surface area contributed by atoms with Crippen molar-refractivity contribution in [1.82, 2.24) is 9.62 Å². The van der Waals surface area contributed by atoms with Crippen LogP contribution in [0.1, 0.15) is 5.56 Å². The quantitative estimate of drug-likeness (QED) is 0.744. The molecule has 0 unspecified atom stereocenters. The normalized spacial score (nSPS) is 12.4. The standard InChI is InChI=1S/C13H17F3N2O4S/c1-18(9-12(19)17-7-8-22-2)23(20,21)11-5-3-10(4-6-11)13(14,15)16/h3-6H,7-9H2,1-2H3,(H,17,19). The zero-order chi connectivity index (χ0) is 17.7. The van der Waals surface area contributed by atoms with Crippen LogP contribution in [-0.4, -0.2) is 52.5 Å². The second-order valence-electron chi connectivity index (χ2n) is 4.63. The Hall–Kier alpha value is -1.65. The van der Waals surface area contributed by atoms with E-state index in [-0.39, 0.29) is 18.0 Å². The largest absolute Gasteiger partial charge is 0.416 e. The van der Waals surface area contributed by atoms with Gasteiger partial charge in [-0.25, -0.2) is 8.42 Å². The number of carbonyl (C=O) groups is 1. The van der Waals surface area contributed by atoms with Gasteiger partial charge >= 0.3 is 6.18 Å². The molecule has 1 N–H and O–H groups in total. The maximum Gasteiger partial charge on any atom is 0.416 e. The molecule has 0 heterocycles. The fraction of sp³-hybridized carbons (Fsp3) is 0.462. The van der Waals surface area contributed by atoms with Crippen LogP contribution in [0.3, 0.4) is 0 Å². The zero-order valence-corrected chi connectivity index (χ0v) is 13.4. The van der Waals surface area contributed by atoms with Gasteiger partial charge in [-0.3, -0.25) is 4.79 Å². The molecule has 10 heteroatoms. The molecule has 0 fully saturated rings. The summed E-state index contributed by atoms with van der Waals surface area (Å²) in [6, 6.07) is 3.08. The third-order valence-corrected chi connectivity index (χ3v) is 4.70. The van der Waals surface area contributed by atoms with Crippen molar-refractivity contribution in [3.05, 3.63) is 29.8 Å². The molecule has 130 valence electrons. The topological polar surface area (TPSA) is 75.7 Å². The summed E-state index contributed by atoms with van der Waals surface area (Å²) in [5.41, 5.74) is -0.948. The number of ether oxygens (including phenoxy) is 1. The Morgan fingerprint density at radius 2 is 1.83 bits per heavy atom. The molecule has 23 heavy (non-hydrogen) atoms. The highest BCUT2D eigenvalue weighted by Crippen LogP contribution is 2.30. The number of sulfonamides is 1. The molecule has 0 bridgehead atoms. The fourth-order valence-electron chi connectivity index (χ4n) is 1.63. The van der Waals surface area contributed by atoms with Crippen molar-refractivity contribution < 1.29 is 31.1 Å². The van der Waals surface area contributed by atoms with E-state index in [1.54, 1.807) is 0 Å². The molecule has 0 radical (unpaired) electrons. The Labute approximate surface area is 132 Å². The fourth-order valence-corrected chi connectivity index (χ4v) is 2.76. The Morgan fingerprint density at radius 1 is 1.26 bits per heavy atom. The maximum absolute atomic E-state index is 12.5. The molecule has 6 nitrogen and oxygen atoms in total. The first-order chi connectivity index (χ1) is 10.6. The van der Waals surface area contributed by atoms with Gasteiger partial charge in [-0.2, -0.15) is 17.5 Å². The molecule has 0 aliphatic heterocycles. The lowest BCUT2D eigenvalue weighted by Gasteiger charge is -2.17. The average molecular weight is 354 g/mol. The minimum Gasteiger partial charge on any atom is -0.383 e. The van der Waals surface area contributed by atoms with Crippen LogP contribution in [0.4, 0.5) is 13.2 Å². The lowest BCUT2D eigenvalue weighted by Crippen LogP contribution is -2.39. The van der Waals surface area contributed by atoms with Gasteiger partial charge in [0.2, 0.25) is 15.9 Å². The van der Waals surface area contributed by atoms with Gasteiger partial charge in [0.05, 0.1) is 23.6 Å². The van der Waals surface area contributed by atoms with E-state index in [0.717, 1.165) is 16.4 Å². The number of nitrogens with one attached hydrogen (secondary N) is 1. The van der Waals surface area contributed by atoms with Gasteiger partial charge in [-0.1, -0.05) is 0 Å². The maximum atomic E-state index is 12.5. The average Bonchev–Trinajstić information content (AvgIpc) is 2.46. The van der Waals surface area contributed by atoms with Gasteiger partial charge in [0.25, 0.3) is 0 Å². The number of alkyl halides is 3. The van der Waals surface area contributed by atoms with E-state index in [9.17, 15) is 26.4 Å².